The number of hydrogen-bond donors (Lipinski definition) is 2. The van der Waals surface area contributed by atoms with Gasteiger partial charge in [-0.25, -0.2) is 13.9 Å². The summed E-state index contributed by atoms with van der Waals surface area (Å²) >= 11 is 0. The fourth-order valence-electron chi connectivity index (χ4n) is 4.82. The number of sulfonamides is 1. The van der Waals surface area contributed by atoms with E-state index < -0.39 is 27.7 Å². The Morgan fingerprint density at radius 3 is 2.27 bits per heavy atom. The van der Waals surface area contributed by atoms with Gasteiger partial charge in [-0.1, -0.05) is 43.3 Å². The van der Waals surface area contributed by atoms with Gasteiger partial charge in [0.1, 0.15) is 23.2 Å². The molecule has 40 heavy (non-hydrogen) atoms. The maximum absolute atomic E-state index is 13.5. The molecule has 1 aliphatic rings. The van der Waals surface area contributed by atoms with Crippen LogP contribution >= 0.6 is 0 Å². The molecule has 1 amide bonds. The van der Waals surface area contributed by atoms with Gasteiger partial charge in [-0.05, 0) is 60.2 Å². The van der Waals surface area contributed by atoms with E-state index in [4.69, 9.17) is 9.47 Å². The van der Waals surface area contributed by atoms with E-state index in [1.165, 1.54) is 35.1 Å². The van der Waals surface area contributed by atoms with E-state index in [1.807, 2.05) is 6.92 Å². The maximum Gasteiger partial charge on any atom is 0.417 e. The second-order valence-corrected chi connectivity index (χ2v) is 11.1. The highest BCUT2D eigenvalue weighted by Crippen LogP contribution is 2.38. The SMILES string of the molecule is CCc1ccc(S(=O)(=O)N2CCC(Oc3ccc(-c4ccccc4C(F)(F)F)cc3)CC2)c(C(=O)NO)c1OC. The van der Waals surface area contributed by atoms with E-state index in [0.29, 0.717) is 36.1 Å². The van der Waals surface area contributed by atoms with Crippen molar-refractivity contribution < 1.29 is 41.1 Å². The first-order valence-corrected chi connectivity index (χ1v) is 14.0. The van der Waals surface area contributed by atoms with Crippen molar-refractivity contribution in [3.63, 3.8) is 0 Å². The number of halogens is 3. The minimum absolute atomic E-state index is 0.0675. The number of alkyl halides is 3. The van der Waals surface area contributed by atoms with E-state index in [0.717, 1.165) is 6.07 Å². The number of amides is 1. The molecule has 1 aliphatic heterocycles. The maximum atomic E-state index is 13.5. The van der Waals surface area contributed by atoms with Crippen LogP contribution in [0, 0.1) is 0 Å². The topological polar surface area (TPSA) is 105 Å². The molecule has 8 nitrogen and oxygen atoms in total. The lowest BCUT2D eigenvalue weighted by molar-refractivity contribution is -0.137. The highest BCUT2D eigenvalue weighted by Gasteiger charge is 2.35. The predicted octanol–water partition coefficient (Wildman–Crippen LogP) is 5.29. The van der Waals surface area contributed by atoms with Crippen LogP contribution in [0.25, 0.3) is 11.1 Å². The van der Waals surface area contributed by atoms with Crippen LogP contribution in [0.4, 0.5) is 13.2 Å². The van der Waals surface area contributed by atoms with Crippen molar-refractivity contribution in [3.05, 3.63) is 77.4 Å². The number of hydrogen-bond acceptors (Lipinski definition) is 6. The third-order valence-corrected chi connectivity index (χ3v) is 8.77. The largest absolute Gasteiger partial charge is 0.496 e. The van der Waals surface area contributed by atoms with Crippen molar-refractivity contribution in [2.45, 2.75) is 43.4 Å². The summed E-state index contributed by atoms with van der Waals surface area (Å²) in [6.45, 7) is 2.05. The summed E-state index contributed by atoms with van der Waals surface area (Å²) < 4.78 is 79.8. The van der Waals surface area contributed by atoms with Crippen molar-refractivity contribution in [3.8, 4) is 22.6 Å². The smallest absolute Gasteiger partial charge is 0.417 e. The lowest BCUT2D eigenvalue weighted by Gasteiger charge is -2.32. The van der Waals surface area contributed by atoms with Crippen molar-refractivity contribution in [2.24, 2.45) is 0 Å². The third kappa shape index (κ3) is 5.93. The molecule has 12 heteroatoms. The molecule has 0 bridgehead atoms. The Hall–Kier alpha value is -3.61. The van der Waals surface area contributed by atoms with Crippen LogP contribution in [0.15, 0.2) is 65.6 Å². The zero-order chi connectivity index (χ0) is 29.1. The van der Waals surface area contributed by atoms with Gasteiger partial charge in [0.2, 0.25) is 10.0 Å². The quantitative estimate of drug-likeness (QED) is 0.278. The lowest BCUT2D eigenvalue weighted by atomic mass is 9.99. The van der Waals surface area contributed by atoms with Gasteiger partial charge in [-0.2, -0.15) is 17.5 Å². The fourth-order valence-corrected chi connectivity index (χ4v) is 6.48. The van der Waals surface area contributed by atoms with Gasteiger partial charge in [0, 0.05) is 13.1 Å². The number of piperidine rings is 1. The standard InChI is InChI=1S/C28H29F3N2O6S/c1-3-18-10-13-24(25(26(18)38-2)27(34)32-35)40(36,37)33-16-14-21(15-17-33)39-20-11-8-19(9-12-20)22-6-4-5-7-23(22)28(29,30)31/h4-13,21,35H,3,14-17H2,1-2H3,(H,32,34). The van der Waals surface area contributed by atoms with E-state index in [9.17, 15) is 31.6 Å². The van der Waals surface area contributed by atoms with Gasteiger partial charge < -0.3 is 9.47 Å². The van der Waals surface area contributed by atoms with Crippen LogP contribution in [-0.2, 0) is 22.6 Å². The molecule has 0 unspecified atom stereocenters. The summed E-state index contributed by atoms with van der Waals surface area (Å²) in [7, 11) is -2.80. The number of benzene rings is 3. The number of carbonyl (C=O) groups excluding carboxylic acids is 1. The molecular formula is C28H29F3N2O6S. The first-order valence-electron chi connectivity index (χ1n) is 12.6. The van der Waals surface area contributed by atoms with Crippen LogP contribution in [0.5, 0.6) is 11.5 Å². The minimum atomic E-state index is -4.48. The molecule has 0 aliphatic carbocycles. The molecule has 4 rings (SSSR count). The zero-order valence-corrected chi connectivity index (χ0v) is 22.7. The number of nitrogens with zero attached hydrogens (tertiary/aromatic N) is 1. The molecule has 0 spiro atoms. The van der Waals surface area contributed by atoms with Gasteiger partial charge in [-0.3, -0.25) is 10.0 Å². The van der Waals surface area contributed by atoms with Crippen LogP contribution in [0.2, 0.25) is 0 Å². The molecule has 1 heterocycles. The number of rotatable bonds is 8. The number of hydroxylamine groups is 1. The van der Waals surface area contributed by atoms with Crippen LogP contribution in [0.3, 0.4) is 0 Å². The predicted molar refractivity (Wildman–Crippen MR) is 141 cm³/mol. The van der Waals surface area contributed by atoms with Crippen molar-refractivity contribution in [1.82, 2.24) is 9.79 Å². The van der Waals surface area contributed by atoms with Gasteiger partial charge in [0.05, 0.1) is 17.6 Å². The molecule has 1 saturated heterocycles. The highest BCUT2D eigenvalue weighted by atomic mass is 32.2. The molecule has 0 saturated carbocycles. The molecule has 214 valence electrons. The molecule has 1 fully saturated rings. The Bertz CT molecular complexity index is 1470. The Morgan fingerprint density at radius 2 is 1.70 bits per heavy atom. The van der Waals surface area contributed by atoms with E-state index in [-0.39, 0.29) is 41.0 Å². The first-order chi connectivity index (χ1) is 19.0. The number of aryl methyl sites for hydroxylation is 1. The van der Waals surface area contributed by atoms with Gasteiger partial charge in [-0.15, -0.1) is 0 Å². The number of methoxy groups -OCH3 is 1. The van der Waals surface area contributed by atoms with Crippen LogP contribution in [0.1, 0.15) is 41.3 Å². The lowest BCUT2D eigenvalue weighted by Crippen LogP contribution is -2.42. The average Bonchev–Trinajstić information content (AvgIpc) is 2.96. The Kier molecular flexibility index (Phi) is 8.71. The molecule has 0 radical (unpaired) electrons. The summed E-state index contributed by atoms with van der Waals surface area (Å²) in [6, 6.07) is 14.5. The van der Waals surface area contributed by atoms with Crippen molar-refractivity contribution >= 4 is 15.9 Å². The molecule has 2 N–H and O–H groups in total. The summed E-state index contributed by atoms with van der Waals surface area (Å²) in [5, 5.41) is 9.25. The van der Waals surface area contributed by atoms with Gasteiger partial charge in [0.25, 0.3) is 5.91 Å². The first kappa shape index (κ1) is 29.4. The zero-order valence-electron chi connectivity index (χ0n) is 21.9. The number of carbonyl (C=O) groups is 1. The molecule has 3 aromatic carbocycles. The van der Waals surface area contributed by atoms with Gasteiger partial charge in [0.15, 0.2) is 0 Å². The second-order valence-electron chi connectivity index (χ2n) is 9.21. The fraction of sp³-hybridized carbons (Fsp3) is 0.321. The second kappa shape index (κ2) is 11.9. The van der Waals surface area contributed by atoms with E-state index >= 15 is 0 Å². The van der Waals surface area contributed by atoms with E-state index in [2.05, 4.69) is 0 Å². The normalized spacial score (nSPS) is 15.1. The minimum Gasteiger partial charge on any atom is -0.496 e. The number of ether oxygens (including phenoxy) is 2. The van der Waals surface area contributed by atoms with Gasteiger partial charge >= 0.3 is 6.18 Å². The number of nitrogens with one attached hydrogen (secondary N) is 1. The molecular weight excluding hydrogens is 549 g/mol. The average molecular weight is 579 g/mol. The Labute approximate surface area is 230 Å². The summed E-state index contributed by atoms with van der Waals surface area (Å²) in [6.07, 6.45) is -3.62. The monoisotopic (exact) mass is 578 g/mol. The summed E-state index contributed by atoms with van der Waals surface area (Å²) in [5.41, 5.74) is 1.59. The molecule has 0 atom stereocenters. The molecule has 0 aromatic heterocycles. The van der Waals surface area contributed by atoms with E-state index in [1.54, 1.807) is 36.4 Å². The molecule has 3 aromatic rings. The third-order valence-electron chi connectivity index (χ3n) is 6.83. The Morgan fingerprint density at radius 1 is 1.05 bits per heavy atom. The van der Waals surface area contributed by atoms with Crippen LogP contribution < -0.4 is 15.0 Å². The summed E-state index contributed by atoms with van der Waals surface area (Å²) in [4.78, 5) is 12.2. The van der Waals surface area contributed by atoms with Crippen molar-refractivity contribution in [2.75, 3.05) is 20.2 Å². The van der Waals surface area contributed by atoms with Crippen molar-refractivity contribution in [1.29, 1.82) is 0 Å². The summed E-state index contributed by atoms with van der Waals surface area (Å²) in [5.74, 6) is -0.462. The van der Waals surface area contributed by atoms with Crippen LogP contribution in [-0.4, -0.2) is 50.1 Å². The Balaban J connectivity index is 1.47. The highest BCUT2D eigenvalue weighted by molar-refractivity contribution is 7.89.